The van der Waals surface area contributed by atoms with Gasteiger partial charge >= 0.3 is 12.2 Å². The van der Waals surface area contributed by atoms with Crippen molar-refractivity contribution in [2.24, 2.45) is 0 Å². The fourth-order valence-electron chi connectivity index (χ4n) is 1.69. The van der Waals surface area contributed by atoms with Crippen molar-refractivity contribution in [2.75, 3.05) is 18.4 Å². The number of carbonyl (C=O) groups is 3. The minimum absolute atomic E-state index is 0.0679. The lowest BCUT2D eigenvalue weighted by Crippen LogP contribution is -2.40. The number of urea groups is 1. The van der Waals surface area contributed by atoms with Gasteiger partial charge in [-0.2, -0.15) is 13.2 Å². The minimum Gasteiger partial charge on any atom is -0.345 e. The van der Waals surface area contributed by atoms with Crippen LogP contribution in [0.25, 0.3) is 0 Å². The van der Waals surface area contributed by atoms with Gasteiger partial charge < -0.3 is 21.3 Å². The highest BCUT2D eigenvalue weighted by Crippen LogP contribution is 2.12. The molecule has 0 saturated carbocycles. The van der Waals surface area contributed by atoms with Gasteiger partial charge in [-0.05, 0) is 32.0 Å². The maximum absolute atomic E-state index is 12.0. The molecule has 0 aliphatic carbocycles. The maximum atomic E-state index is 12.0. The second-order valence-corrected chi connectivity index (χ2v) is 5.41. The highest BCUT2D eigenvalue weighted by molar-refractivity contribution is 5.98. The van der Waals surface area contributed by atoms with Crippen molar-refractivity contribution in [3.8, 4) is 0 Å². The van der Waals surface area contributed by atoms with E-state index in [9.17, 15) is 27.6 Å². The Morgan fingerprint density at radius 1 is 1.12 bits per heavy atom. The van der Waals surface area contributed by atoms with Gasteiger partial charge in [0.25, 0.3) is 5.91 Å². The van der Waals surface area contributed by atoms with E-state index in [1.165, 1.54) is 18.2 Å². The van der Waals surface area contributed by atoms with Gasteiger partial charge in [0.2, 0.25) is 5.91 Å². The Morgan fingerprint density at radius 3 is 2.40 bits per heavy atom. The number of alkyl halides is 3. The molecule has 7 nitrogen and oxygen atoms in total. The Labute approximate surface area is 142 Å². The van der Waals surface area contributed by atoms with Crippen LogP contribution >= 0.6 is 0 Å². The molecule has 0 fully saturated rings. The molecule has 0 unspecified atom stereocenters. The Balaban J connectivity index is 2.54. The van der Waals surface area contributed by atoms with E-state index in [1.807, 2.05) is 0 Å². The van der Waals surface area contributed by atoms with E-state index in [-0.39, 0.29) is 11.6 Å². The first kappa shape index (κ1) is 20.3. The molecule has 0 aliphatic rings. The summed E-state index contributed by atoms with van der Waals surface area (Å²) in [5, 5.41) is 8.99. The van der Waals surface area contributed by atoms with E-state index < -0.39 is 37.1 Å². The quantitative estimate of drug-likeness (QED) is 0.620. The number of hydrogen-bond donors (Lipinski definition) is 4. The summed E-state index contributed by atoms with van der Waals surface area (Å²) in [4.78, 5) is 34.8. The summed E-state index contributed by atoms with van der Waals surface area (Å²) in [6.07, 6.45) is -4.52. The van der Waals surface area contributed by atoms with Crippen LogP contribution in [0.1, 0.15) is 24.2 Å². The minimum atomic E-state index is -4.52. The zero-order chi connectivity index (χ0) is 19.0. The maximum Gasteiger partial charge on any atom is 0.405 e. The third-order valence-corrected chi connectivity index (χ3v) is 2.70. The third-order valence-electron chi connectivity index (χ3n) is 2.70. The van der Waals surface area contributed by atoms with Crippen molar-refractivity contribution >= 4 is 23.5 Å². The number of hydrogen-bond acceptors (Lipinski definition) is 3. The second kappa shape index (κ2) is 8.90. The number of anilines is 1. The molecule has 1 aromatic carbocycles. The Morgan fingerprint density at radius 2 is 1.80 bits per heavy atom. The summed E-state index contributed by atoms with van der Waals surface area (Å²) in [5.41, 5.74) is 0.498. The predicted octanol–water partition coefficient (Wildman–Crippen LogP) is 1.62. The molecule has 10 heteroatoms. The zero-order valence-corrected chi connectivity index (χ0v) is 13.7. The smallest absolute Gasteiger partial charge is 0.345 e. The lowest BCUT2D eigenvalue weighted by molar-refractivity contribution is -0.137. The summed E-state index contributed by atoms with van der Waals surface area (Å²) in [6.45, 7) is 1.51. The first-order chi connectivity index (χ1) is 11.6. The molecule has 0 saturated heterocycles. The second-order valence-electron chi connectivity index (χ2n) is 5.41. The van der Waals surface area contributed by atoms with E-state index in [4.69, 9.17) is 0 Å². The van der Waals surface area contributed by atoms with E-state index in [2.05, 4.69) is 16.0 Å². The number of benzene rings is 1. The normalized spacial score (nSPS) is 11.0. The Bertz CT molecular complexity index is 633. The van der Waals surface area contributed by atoms with Crippen molar-refractivity contribution in [3.05, 3.63) is 29.8 Å². The van der Waals surface area contributed by atoms with Crippen LogP contribution in [-0.2, 0) is 4.79 Å². The molecule has 0 spiro atoms. The van der Waals surface area contributed by atoms with Gasteiger partial charge in [-0.3, -0.25) is 9.59 Å². The molecule has 0 radical (unpaired) electrons. The summed E-state index contributed by atoms with van der Waals surface area (Å²) < 4.78 is 35.9. The van der Waals surface area contributed by atoms with Gasteiger partial charge in [0.15, 0.2) is 0 Å². The van der Waals surface area contributed by atoms with Crippen LogP contribution in [0.3, 0.4) is 0 Å². The molecule has 0 aliphatic heterocycles. The van der Waals surface area contributed by atoms with E-state index >= 15 is 0 Å². The standard InChI is InChI=1S/C15H19F3N4O3/c1-9(2)21-14(25)22-11-5-3-4-10(6-11)13(24)19-7-12(23)20-8-15(16,17)18/h3-6,9H,7-8H2,1-2H3,(H,19,24)(H,20,23)(H2,21,22,25). The molecule has 4 N–H and O–H groups in total. The monoisotopic (exact) mass is 360 g/mol. The molecule has 0 aromatic heterocycles. The van der Waals surface area contributed by atoms with E-state index in [0.717, 1.165) is 0 Å². The predicted molar refractivity (Wildman–Crippen MR) is 85.1 cm³/mol. The van der Waals surface area contributed by atoms with Gasteiger partial charge in [0, 0.05) is 17.3 Å². The van der Waals surface area contributed by atoms with Gasteiger partial charge in [-0.25, -0.2) is 4.79 Å². The van der Waals surface area contributed by atoms with Crippen molar-refractivity contribution < 1.29 is 27.6 Å². The molecule has 1 rings (SSSR count). The van der Waals surface area contributed by atoms with Gasteiger partial charge in [-0.15, -0.1) is 0 Å². The van der Waals surface area contributed by atoms with Crippen molar-refractivity contribution in [1.29, 1.82) is 0 Å². The fraction of sp³-hybridized carbons (Fsp3) is 0.400. The van der Waals surface area contributed by atoms with Crippen LogP contribution in [0.15, 0.2) is 24.3 Å². The molecule has 0 heterocycles. The zero-order valence-electron chi connectivity index (χ0n) is 13.7. The van der Waals surface area contributed by atoms with Crippen molar-refractivity contribution in [3.63, 3.8) is 0 Å². The van der Waals surface area contributed by atoms with Gasteiger partial charge in [-0.1, -0.05) is 6.07 Å². The lowest BCUT2D eigenvalue weighted by atomic mass is 10.2. The number of nitrogens with one attached hydrogen (secondary N) is 4. The number of amides is 4. The van der Waals surface area contributed by atoms with Crippen LogP contribution < -0.4 is 21.3 Å². The molecule has 25 heavy (non-hydrogen) atoms. The first-order valence-corrected chi connectivity index (χ1v) is 7.36. The largest absolute Gasteiger partial charge is 0.405 e. The third kappa shape index (κ3) is 8.58. The summed E-state index contributed by atoms with van der Waals surface area (Å²) >= 11 is 0. The molecule has 0 bridgehead atoms. The van der Waals surface area contributed by atoms with E-state index in [1.54, 1.807) is 25.2 Å². The molecule has 0 atom stereocenters. The summed E-state index contributed by atoms with van der Waals surface area (Å²) in [5.74, 6) is -1.62. The Kier molecular flexibility index (Phi) is 7.22. The van der Waals surface area contributed by atoms with Crippen LogP contribution in [-0.4, -0.2) is 43.2 Å². The fourth-order valence-corrected chi connectivity index (χ4v) is 1.69. The Hall–Kier alpha value is -2.78. The summed E-state index contributed by atoms with van der Waals surface area (Å²) in [6, 6.07) is 5.38. The number of carbonyl (C=O) groups excluding carboxylic acids is 3. The molecular weight excluding hydrogens is 341 g/mol. The first-order valence-electron chi connectivity index (χ1n) is 7.36. The molecule has 138 valence electrons. The van der Waals surface area contributed by atoms with Crippen LogP contribution in [0, 0.1) is 0 Å². The topological polar surface area (TPSA) is 99.3 Å². The van der Waals surface area contributed by atoms with Gasteiger partial charge in [0.05, 0.1) is 6.54 Å². The highest BCUT2D eigenvalue weighted by atomic mass is 19.4. The van der Waals surface area contributed by atoms with Crippen LogP contribution in [0.5, 0.6) is 0 Å². The average molecular weight is 360 g/mol. The number of rotatable bonds is 6. The molecular formula is C15H19F3N4O3. The molecule has 4 amide bonds. The van der Waals surface area contributed by atoms with Crippen molar-refractivity contribution in [2.45, 2.75) is 26.1 Å². The van der Waals surface area contributed by atoms with E-state index in [0.29, 0.717) is 5.69 Å². The van der Waals surface area contributed by atoms with Crippen molar-refractivity contribution in [1.82, 2.24) is 16.0 Å². The average Bonchev–Trinajstić information content (AvgIpc) is 2.49. The van der Waals surface area contributed by atoms with Crippen LogP contribution in [0.2, 0.25) is 0 Å². The number of halogens is 3. The van der Waals surface area contributed by atoms with Gasteiger partial charge in [0.1, 0.15) is 6.54 Å². The highest BCUT2D eigenvalue weighted by Gasteiger charge is 2.27. The lowest BCUT2D eigenvalue weighted by Gasteiger charge is -2.11. The van der Waals surface area contributed by atoms with Crippen LogP contribution in [0.4, 0.5) is 23.7 Å². The SMILES string of the molecule is CC(C)NC(=O)Nc1cccc(C(=O)NCC(=O)NCC(F)(F)F)c1. The summed E-state index contributed by atoms with van der Waals surface area (Å²) in [7, 11) is 0. The molecule has 1 aromatic rings.